The second-order valence-electron chi connectivity index (χ2n) is 24.9. The Bertz CT molecular complexity index is 3110. The number of thioether (sulfide) groups is 1. The van der Waals surface area contributed by atoms with Crippen LogP contribution in [0.2, 0.25) is 0 Å². The fourth-order valence-electron chi connectivity index (χ4n) is 11.0. The van der Waals surface area contributed by atoms with Crippen molar-refractivity contribution in [3.63, 3.8) is 0 Å². The van der Waals surface area contributed by atoms with Crippen LogP contribution in [0.1, 0.15) is 116 Å². The molecule has 0 radical (unpaired) electrons. The molecule has 8 amide bonds. The van der Waals surface area contributed by atoms with Crippen molar-refractivity contribution in [2.45, 2.75) is 153 Å². The highest BCUT2D eigenvalue weighted by atomic mass is 32.2. The number of carbonyl (C=O) groups is 14. The van der Waals surface area contributed by atoms with Gasteiger partial charge in [-0.25, -0.2) is 0 Å². The van der Waals surface area contributed by atoms with Crippen LogP contribution in [-0.2, 0) is 80.0 Å². The number of aliphatic carboxylic acids is 1. The second-order valence-corrected chi connectivity index (χ2v) is 26.5. The van der Waals surface area contributed by atoms with E-state index in [9.17, 15) is 92.7 Å². The van der Waals surface area contributed by atoms with Gasteiger partial charge in [-0.3, -0.25) is 72.1 Å². The number of thiol groups is 1. The fourth-order valence-corrected chi connectivity index (χ4v) is 11.8. The molecule has 1 fully saturated rings. The van der Waals surface area contributed by atoms with Gasteiger partial charge in [0.2, 0.25) is 47.3 Å². The van der Waals surface area contributed by atoms with E-state index in [4.69, 9.17) is 22.9 Å². The van der Waals surface area contributed by atoms with Gasteiger partial charge in [-0.1, -0.05) is 52.0 Å². The number of Topliss-reactive ketones (excluding diaryl/α,β-unsaturated/α-hetero) is 5. The Morgan fingerprint density at radius 1 is 0.619 bits per heavy atom. The Morgan fingerprint density at radius 2 is 1.14 bits per heavy atom. The number of carboxylic acids is 1. The molecule has 1 aliphatic rings. The maximum atomic E-state index is 14.3. The molecule has 0 aromatic heterocycles. The summed E-state index contributed by atoms with van der Waals surface area (Å²) in [5, 5.41) is 60.1. The molecule has 2 aromatic rings. The van der Waals surface area contributed by atoms with E-state index >= 15 is 0 Å². The number of nitrogens with one attached hydrogen (secondary N) is 5. The molecule has 12 atom stereocenters. The number of carbonyl (C=O) groups excluding carboxylic acids is 13. The summed E-state index contributed by atoms with van der Waals surface area (Å²) in [5.74, 6) is -19.1. The van der Waals surface area contributed by atoms with Crippen molar-refractivity contribution in [1.29, 1.82) is 0 Å². The van der Waals surface area contributed by atoms with E-state index in [1.807, 2.05) is 13.8 Å². The zero-order valence-corrected chi connectivity index (χ0v) is 57.0. The summed E-state index contributed by atoms with van der Waals surface area (Å²) in [6.45, 7) is 4.56. The first-order chi connectivity index (χ1) is 45.7. The number of hydrogen-bond donors (Lipinski definition) is 15. The number of nitrogens with zero attached hydrogens (tertiary/aromatic N) is 2. The lowest BCUT2D eigenvalue weighted by molar-refractivity contribution is -0.145. The quantitative estimate of drug-likeness (QED) is 0.0164. The van der Waals surface area contributed by atoms with Crippen LogP contribution in [0.3, 0.4) is 0 Å². The minimum absolute atomic E-state index is 0.0159. The van der Waals surface area contributed by atoms with E-state index in [1.54, 1.807) is 25.3 Å². The Hall–Kier alpha value is -8.49. The monoisotopic (exact) mass is 1400 g/mol. The van der Waals surface area contributed by atoms with Crippen LogP contribution >= 0.6 is 24.4 Å². The number of guanidine groups is 1. The number of primary amides is 2. The molecule has 30 nitrogen and oxygen atoms in total. The number of phenols is 2. The lowest BCUT2D eigenvalue weighted by atomic mass is 9.86. The maximum absolute atomic E-state index is 14.3. The molecule has 3 rings (SSSR count). The summed E-state index contributed by atoms with van der Waals surface area (Å²) >= 11 is 5.33. The van der Waals surface area contributed by atoms with Crippen molar-refractivity contribution < 1.29 is 92.7 Å². The maximum Gasteiger partial charge on any atom is 0.318 e. The molecule has 536 valence electrons. The molecule has 1 aliphatic heterocycles. The van der Waals surface area contributed by atoms with Crippen molar-refractivity contribution in [2.24, 2.45) is 69.4 Å². The second kappa shape index (κ2) is 41.6. The summed E-state index contributed by atoms with van der Waals surface area (Å²) in [5.41, 5.74) is 23.0. The summed E-state index contributed by atoms with van der Waals surface area (Å²) in [6.07, 6.45) is -0.995. The molecule has 0 saturated carbocycles. The predicted molar refractivity (Wildman–Crippen MR) is 359 cm³/mol. The van der Waals surface area contributed by atoms with E-state index in [0.29, 0.717) is 17.5 Å². The van der Waals surface area contributed by atoms with Crippen LogP contribution in [0.5, 0.6) is 11.5 Å². The summed E-state index contributed by atoms with van der Waals surface area (Å²) in [7, 11) is 0. The van der Waals surface area contributed by atoms with Crippen molar-refractivity contribution in [3.8, 4) is 11.5 Å². The molecule has 2 aromatic carbocycles. The third kappa shape index (κ3) is 28.6. The van der Waals surface area contributed by atoms with Crippen molar-refractivity contribution in [3.05, 3.63) is 59.7 Å². The van der Waals surface area contributed by atoms with Gasteiger partial charge in [0, 0.05) is 74.8 Å². The summed E-state index contributed by atoms with van der Waals surface area (Å²) < 4.78 is 0. The van der Waals surface area contributed by atoms with Gasteiger partial charge in [0.25, 0.3) is 0 Å². The highest BCUT2D eigenvalue weighted by Gasteiger charge is 2.42. The number of aliphatic hydroxyl groups is 2. The molecule has 32 heteroatoms. The molecular formula is C65H95N11O19S2. The number of rotatable bonds is 46. The van der Waals surface area contributed by atoms with Gasteiger partial charge < -0.3 is 80.0 Å². The first-order valence-corrected chi connectivity index (χ1v) is 33.8. The van der Waals surface area contributed by atoms with Gasteiger partial charge in [-0.05, 0) is 105 Å². The third-order valence-electron chi connectivity index (χ3n) is 16.5. The average molecular weight is 1400 g/mol. The molecule has 0 spiro atoms. The van der Waals surface area contributed by atoms with E-state index in [0.717, 1.165) is 4.90 Å². The Labute approximate surface area is 572 Å². The molecule has 1 heterocycles. The van der Waals surface area contributed by atoms with Crippen LogP contribution in [0.15, 0.2) is 53.5 Å². The van der Waals surface area contributed by atoms with Crippen molar-refractivity contribution in [1.82, 2.24) is 31.5 Å². The Morgan fingerprint density at radius 3 is 1.66 bits per heavy atom. The Kier molecular flexibility index (Phi) is 35.5. The number of aromatic hydroxyl groups is 2. The summed E-state index contributed by atoms with van der Waals surface area (Å²) in [4.78, 5) is 195. The number of hydrogen-bond acceptors (Lipinski definition) is 21. The van der Waals surface area contributed by atoms with Crippen LogP contribution in [-0.4, -0.2) is 199 Å². The van der Waals surface area contributed by atoms with Crippen LogP contribution < -0.4 is 49.5 Å². The first-order valence-electron chi connectivity index (χ1n) is 31.9. The van der Waals surface area contributed by atoms with Crippen molar-refractivity contribution in [2.75, 3.05) is 44.9 Å². The summed E-state index contributed by atoms with van der Waals surface area (Å²) in [6, 6.07) is 4.10. The third-order valence-corrected chi connectivity index (χ3v) is 17.6. The highest BCUT2D eigenvalue weighted by molar-refractivity contribution is 7.98. The minimum atomic E-state index is -2.01. The number of carboxylic acid groups (broad SMARTS) is 1. The zero-order valence-electron chi connectivity index (χ0n) is 55.3. The molecule has 0 unspecified atom stereocenters. The van der Waals surface area contributed by atoms with Gasteiger partial charge >= 0.3 is 5.97 Å². The lowest BCUT2D eigenvalue weighted by Crippen LogP contribution is -2.53. The van der Waals surface area contributed by atoms with E-state index in [1.165, 1.54) is 55.1 Å². The largest absolute Gasteiger partial charge is 0.508 e. The Balaban J connectivity index is 1.79. The standard InChI is InChI=1S/C65H95N11O19S2/c1-34(2)22-35(3)50(82)28-41(25-38-12-16-44(80)17-13-38)61(91)72-46(8-6-19-70-65(68)69)51(83)23-36(4)58(88)73-47(30-54(66)86)52(84)27-39(18-21-97-5)59(89)75-55(56(96)64(94)95)53(85)29-42(32-77)63(93)76-20-7-9-49(76)62(92)71-31-45(81)26-40(24-37-10-14-43(79)15-11-37)60(90)74-48(33-78)57(67)87/h10-17,34-36,39-42,46-49,55-56,77-80,96H,6-9,18-33H2,1-5H3,(H2,66,86)(H2,67,87)(H,71,92)(H,72,91)(H,73,88)(H,74,90)(H,75,89)(H,94,95)(H4,68,69,70)/t35-,36+,39+,40+,41+,42-,46-,47-,48-,49-,55+,56+/m0/s1. The molecular weight excluding hydrogens is 1300 g/mol. The number of aliphatic imine (C=N–C) groups is 1. The number of amides is 8. The van der Waals surface area contributed by atoms with Crippen LogP contribution in [0.4, 0.5) is 0 Å². The smallest absolute Gasteiger partial charge is 0.318 e. The van der Waals surface area contributed by atoms with Gasteiger partial charge in [0.05, 0.1) is 44.2 Å². The molecule has 1 saturated heterocycles. The topological polar surface area (TPSA) is 520 Å². The number of ketones is 5. The van der Waals surface area contributed by atoms with E-state index < -0.39 is 193 Å². The van der Waals surface area contributed by atoms with Gasteiger partial charge in [0.15, 0.2) is 29.1 Å². The molecule has 0 aliphatic carbocycles. The highest BCUT2D eigenvalue weighted by Crippen LogP contribution is 2.26. The van der Waals surface area contributed by atoms with Gasteiger partial charge in [-0.15, -0.1) is 0 Å². The molecule has 0 bridgehead atoms. The van der Waals surface area contributed by atoms with Gasteiger partial charge in [0.1, 0.15) is 40.7 Å². The van der Waals surface area contributed by atoms with Crippen LogP contribution in [0, 0.1) is 41.4 Å². The minimum Gasteiger partial charge on any atom is -0.508 e. The number of likely N-dealkylation sites (tertiary alicyclic amines) is 1. The average Bonchev–Trinajstić information content (AvgIpc) is 1.79. The van der Waals surface area contributed by atoms with Gasteiger partial charge in [-0.2, -0.15) is 24.4 Å². The fraction of sp³-hybridized carbons (Fsp3) is 0.585. The normalized spacial score (nSPS) is 16.2. The van der Waals surface area contributed by atoms with Crippen LogP contribution in [0.25, 0.3) is 0 Å². The number of benzene rings is 2. The first kappa shape index (κ1) is 82.7. The zero-order chi connectivity index (χ0) is 72.8. The SMILES string of the molecule is CSCC[C@H](CC(=O)[C@H](CC(N)=O)NC(=O)[C@H](C)CC(=O)[C@H](CCCN=C(N)N)NC(=O)[C@@H](CC(=O)[C@@H](C)CC(C)C)Cc1ccc(O)cc1)C(=O)N[C@H](C(=O)C[C@@H](CO)C(=O)N1CCC[C@H]1C(=O)NCC(=O)C[C@@H](Cc1ccc(O)cc1)C(=O)N[C@@H](CO)C(N)=O)[C@@H](S)C(=O)O. The van der Waals surface area contributed by atoms with E-state index in [-0.39, 0.29) is 105 Å². The lowest BCUT2D eigenvalue weighted by Gasteiger charge is -2.29. The molecule has 18 N–H and O–H groups in total. The number of aliphatic hydroxyl groups excluding tert-OH is 2. The number of nitrogens with two attached hydrogens (primary N) is 4. The predicted octanol–water partition coefficient (Wildman–Crippen LogP) is -0.957. The van der Waals surface area contributed by atoms with E-state index in [2.05, 4.69) is 44.2 Å². The van der Waals surface area contributed by atoms with Crippen molar-refractivity contribution >= 4 is 112 Å². The number of phenolic OH excluding ortho intramolecular Hbond substituents is 2. The molecule has 97 heavy (non-hydrogen) atoms.